The number of carbonyl (C=O) groups excluding carboxylic acids is 1. The van der Waals surface area contributed by atoms with Crippen LogP contribution in [0.1, 0.15) is 21.5 Å². The van der Waals surface area contributed by atoms with Gasteiger partial charge in [0.15, 0.2) is 0 Å². The molecule has 3 rings (SSSR count). The largest absolute Gasteiger partial charge is 0.365 e. The van der Waals surface area contributed by atoms with Gasteiger partial charge in [0.2, 0.25) is 0 Å². The first-order chi connectivity index (χ1) is 11.8. The number of hydrogen-bond acceptors (Lipinski definition) is 4. The summed E-state index contributed by atoms with van der Waals surface area (Å²) in [5, 5.41) is 5.84. The molecule has 0 aliphatic heterocycles. The van der Waals surface area contributed by atoms with Gasteiger partial charge in [0.1, 0.15) is 5.82 Å². The van der Waals surface area contributed by atoms with E-state index in [4.69, 9.17) is 0 Å². The van der Waals surface area contributed by atoms with E-state index in [9.17, 15) is 4.79 Å². The van der Waals surface area contributed by atoms with E-state index in [1.165, 1.54) is 5.56 Å². The minimum Gasteiger partial charge on any atom is -0.365 e. The highest BCUT2D eigenvalue weighted by Crippen LogP contribution is 2.13. The summed E-state index contributed by atoms with van der Waals surface area (Å²) in [4.78, 5) is 20.1. The van der Waals surface area contributed by atoms with E-state index in [2.05, 4.69) is 44.9 Å². The maximum atomic E-state index is 11.8. The minimum atomic E-state index is -0.152. The van der Waals surface area contributed by atoms with Gasteiger partial charge >= 0.3 is 0 Å². The molecular formula is C18H19N5O. The number of imidazole rings is 1. The van der Waals surface area contributed by atoms with Crippen LogP contribution in [0.3, 0.4) is 0 Å². The molecule has 2 heterocycles. The lowest BCUT2D eigenvalue weighted by Crippen LogP contribution is -2.20. The Morgan fingerprint density at radius 2 is 1.92 bits per heavy atom. The molecule has 0 aliphatic rings. The predicted molar refractivity (Wildman–Crippen MR) is 92.7 cm³/mol. The number of anilines is 1. The Hall–Kier alpha value is -3.15. The van der Waals surface area contributed by atoms with Crippen molar-refractivity contribution in [3.63, 3.8) is 0 Å². The summed E-state index contributed by atoms with van der Waals surface area (Å²) in [6.07, 6.45) is 7.19. The SMILES string of the molecule is CNC(=O)c1cccnc1NCc1ccc(Cn2ccnc2)cc1. The Labute approximate surface area is 140 Å². The smallest absolute Gasteiger partial charge is 0.254 e. The van der Waals surface area contributed by atoms with Gasteiger partial charge in [-0.25, -0.2) is 9.97 Å². The van der Waals surface area contributed by atoms with Crippen molar-refractivity contribution in [1.82, 2.24) is 19.9 Å². The molecule has 122 valence electrons. The zero-order chi connectivity index (χ0) is 16.8. The Bertz CT molecular complexity index is 797. The molecule has 6 nitrogen and oxygen atoms in total. The molecule has 1 amide bonds. The maximum Gasteiger partial charge on any atom is 0.254 e. The first-order valence-corrected chi connectivity index (χ1v) is 7.71. The Balaban J connectivity index is 1.64. The third-order valence-corrected chi connectivity index (χ3v) is 3.69. The summed E-state index contributed by atoms with van der Waals surface area (Å²) in [6, 6.07) is 11.8. The summed E-state index contributed by atoms with van der Waals surface area (Å²) in [5.74, 6) is 0.431. The van der Waals surface area contributed by atoms with Crippen molar-refractivity contribution in [2.24, 2.45) is 0 Å². The number of nitrogens with zero attached hydrogens (tertiary/aromatic N) is 3. The molecule has 2 aromatic heterocycles. The second-order valence-electron chi connectivity index (χ2n) is 5.38. The summed E-state index contributed by atoms with van der Waals surface area (Å²) >= 11 is 0. The molecule has 0 unspecified atom stereocenters. The van der Waals surface area contributed by atoms with Gasteiger partial charge in [0, 0.05) is 38.7 Å². The van der Waals surface area contributed by atoms with Crippen LogP contribution in [0.2, 0.25) is 0 Å². The second-order valence-corrected chi connectivity index (χ2v) is 5.38. The third-order valence-electron chi connectivity index (χ3n) is 3.69. The fourth-order valence-corrected chi connectivity index (χ4v) is 2.40. The molecule has 0 fully saturated rings. The van der Waals surface area contributed by atoms with Crippen molar-refractivity contribution in [2.45, 2.75) is 13.1 Å². The lowest BCUT2D eigenvalue weighted by molar-refractivity contribution is 0.0963. The lowest BCUT2D eigenvalue weighted by Gasteiger charge is -2.10. The predicted octanol–water partition coefficient (Wildman–Crippen LogP) is 2.30. The highest BCUT2D eigenvalue weighted by atomic mass is 16.1. The van der Waals surface area contributed by atoms with Crippen LogP contribution >= 0.6 is 0 Å². The van der Waals surface area contributed by atoms with E-state index < -0.39 is 0 Å². The average molecular weight is 321 g/mol. The number of pyridine rings is 1. The van der Waals surface area contributed by atoms with Crippen molar-refractivity contribution in [3.05, 3.63) is 78.0 Å². The average Bonchev–Trinajstić information content (AvgIpc) is 3.14. The van der Waals surface area contributed by atoms with E-state index in [0.717, 1.165) is 12.1 Å². The van der Waals surface area contributed by atoms with E-state index in [0.29, 0.717) is 17.9 Å². The maximum absolute atomic E-state index is 11.8. The van der Waals surface area contributed by atoms with Crippen molar-refractivity contribution in [2.75, 3.05) is 12.4 Å². The van der Waals surface area contributed by atoms with Crippen LogP contribution in [0.5, 0.6) is 0 Å². The fraction of sp³-hybridized carbons (Fsp3) is 0.167. The van der Waals surface area contributed by atoms with Crippen LogP contribution in [-0.2, 0) is 13.1 Å². The van der Waals surface area contributed by atoms with Gasteiger partial charge in [-0.15, -0.1) is 0 Å². The third kappa shape index (κ3) is 3.78. The highest BCUT2D eigenvalue weighted by molar-refractivity contribution is 5.98. The summed E-state index contributed by atoms with van der Waals surface area (Å²) < 4.78 is 2.02. The van der Waals surface area contributed by atoms with Gasteiger partial charge in [-0.1, -0.05) is 24.3 Å². The van der Waals surface area contributed by atoms with Gasteiger partial charge < -0.3 is 15.2 Å². The Morgan fingerprint density at radius 1 is 1.12 bits per heavy atom. The van der Waals surface area contributed by atoms with Crippen molar-refractivity contribution in [3.8, 4) is 0 Å². The summed E-state index contributed by atoms with van der Waals surface area (Å²) in [6.45, 7) is 1.40. The van der Waals surface area contributed by atoms with Gasteiger partial charge in [0.25, 0.3) is 5.91 Å². The van der Waals surface area contributed by atoms with Crippen LogP contribution in [0.15, 0.2) is 61.3 Å². The van der Waals surface area contributed by atoms with Gasteiger partial charge in [-0.2, -0.15) is 0 Å². The van der Waals surface area contributed by atoms with Crippen molar-refractivity contribution >= 4 is 11.7 Å². The van der Waals surface area contributed by atoms with Gasteiger partial charge in [-0.3, -0.25) is 4.79 Å². The van der Waals surface area contributed by atoms with Gasteiger partial charge in [0.05, 0.1) is 11.9 Å². The minimum absolute atomic E-state index is 0.152. The molecule has 0 bridgehead atoms. The molecule has 1 aromatic carbocycles. The molecule has 0 radical (unpaired) electrons. The normalized spacial score (nSPS) is 10.4. The summed E-state index contributed by atoms with van der Waals surface area (Å²) in [5.41, 5.74) is 2.87. The first kappa shape index (κ1) is 15.7. The van der Waals surface area contributed by atoms with Crippen LogP contribution in [0.25, 0.3) is 0 Å². The van der Waals surface area contributed by atoms with E-state index >= 15 is 0 Å². The second kappa shape index (κ2) is 7.41. The molecule has 0 spiro atoms. The molecule has 0 atom stereocenters. The Morgan fingerprint density at radius 3 is 2.62 bits per heavy atom. The number of carbonyl (C=O) groups is 1. The number of hydrogen-bond donors (Lipinski definition) is 2. The van der Waals surface area contributed by atoms with Crippen LogP contribution in [0.4, 0.5) is 5.82 Å². The van der Waals surface area contributed by atoms with Crippen LogP contribution < -0.4 is 10.6 Å². The van der Waals surface area contributed by atoms with E-state index in [-0.39, 0.29) is 5.91 Å². The quantitative estimate of drug-likeness (QED) is 0.731. The van der Waals surface area contributed by atoms with Crippen LogP contribution in [0, 0.1) is 0 Å². The monoisotopic (exact) mass is 321 g/mol. The number of nitrogens with one attached hydrogen (secondary N) is 2. The van der Waals surface area contributed by atoms with Crippen LogP contribution in [-0.4, -0.2) is 27.5 Å². The number of rotatable bonds is 6. The standard InChI is InChI=1S/C18H19N5O/c1-19-18(24)16-3-2-8-21-17(16)22-11-14-4-6-15(7-5-14)12-23-10-9-20-13-23/h2-10,13H,11-12H2,1H3,(H,19,24)(H,21,22). The zero-order valence-corrected chi connectivity index (χ0v) is 13.4. The molecular weight excluding hydrogens is 302 g/mol. The molecule has 24 heavy (non-hydrogen) atoms. The highest BCUT2D eigenvalue weighted by Gasteiger charge is 2.10. The first-order valence-electron chi connectivity index (χ1n) is 7.71. The number of amides is 1. The van der Waals surface area contributed by atoms with Gasteiger partial charge in [-0.05, 0) is 23.3 Å². The fourth-order valence-electron chi connectivity index (χ4n) is 2.40. The molecule has 2 N–H and O–H groups in total. The zero-order valence-electron chi connectivity index (χ0n) is 13.4. The lowest BCUT2D eigenvalue weighted by atomic mass is 10.1. The van der Waals surface area contributed by atoms with Crippen molar-refractivity contribution < 1.29 is 4.79 Å². The van der Waals surface area contributed by atoms with E-state index in [1.807, 2.05) is 10.8 Å². The molecule has 0 saturated carbocycles. The molecule has 0 aliphatic carbocycles. The topological polar surface area (TPSA) is 71.8 Å². The van der Waals surface area contributed by atoms with E-state index in [1.54, 1.807) is 37.9 Å². The Kier molecular flexibility index (Phi) is 4.86. The molecule has 6 heteroatoms. The van der Waals surface area contributed by atoms with Crippen molar-refractivity contribution in [1.29, 1.82) is 0 Å². The molecule has 3 aromatic rings. The number of benzene rings is 1. The molecule has 0 saturated heterocycles. The number of aromatic nitrogens is 3. The summed E-state index contributed by atoms with van der Waals surface area (Å²) in [7, 11) is 1.61.